The van der Waals surface area contributed by atoms with Crippen molar-refractivity contribution in [3.8, 4) is 17.2 Å². The first kappa shape index (κ1) is 22.7. The number of hydrogen-bond donors (Lipinski definition) is 2. The van der Waals surface area contributed by atoms with Crippen LogP contribution in [0.2, 0.25) is 0 Å². The molecule has 3 aromatic carbocycles. The second-order valence-corrected chi connectivity index (χ2v) is 7.53. The molecule has 0 spiro atoms. The zero-order valence-electron chi connectivity index (χ0n) is 19.3. The highest BCUT2D eigenvalue weighted by Crippen LogP contribution is 2.38. The number of carbonyl (C=O) groups is 1. The number of aromatic nitrogens is 1. The van der Waals surface area contributed by atoms with Gasteiger partial charge in [-0.3, -0.25) is 4.79 Å². The number of para-hydroxylation sites is 1. The number of methoxy groups -OCH3 is 3. The van der Waals surface area contributed by atoms with Gasteiger partial charge in [-0.2, -0.15) is 0 Å². The lowest BCUT2D eigenvalue weighted by atomic mass is 10.1. The average molecular weight is 455 g/mol. The summed E-state index contributed by atoms with van der Waals surface area (Å²) in [7, 11) is 4.76. The summed E-state index contributed by atoms with van der Waals surface area (Å²) in [6, 6.07) is 19.4. The van der Waals surface area contributed by atoms with Crippen molar-refractivity contribution in [1.82, 2.24) is 4.98 Å². The van der Waals surface area contributed by atoms with Crippen LogP contribution in [0.4, 0.5) is 5.69 Å². The molecular weight excluding hydrogens is 428 g/mol. The summed E-state index contributed by atoms with van der Waals surface area (Å²) in [6.07, 6.45) is 9.17. The van der Waals surface area contributed by atoms with Gasteiger partial charge in [0.2, 0.25) is 11.7 Å². The molecule has 172 valence electrons. The average Bonchev–Trinajstić information content (AvgIpc) is 3.29. The summed E-state index contributed by atoms with van der Waals surface area (Å²) in [4.78, 5) is 15.6. The van der Waals surface area contributed by atoms with Crippen LogP contribution in [0.3, 0.4) is 0 Å². The van der Waals surface area contributed by atoms with E-state index in [1.807, 2.05) is 85.1 Å². The molecule has 0 saturated heterocycles. The predicted octanol–water partition coefficient (Wildman–Crippen LogP) is 6.02. The van der Waals surface area contributed by atoms with Crippen molar-refractivity contribution in [3.05, 3.63) is 89.6 Å². The summed E-state index contributed by atoms with van der Waals surface area (Å²) in [5.41, 5.74) is 4.63. The summed E-state index contributed by atoms with van der Waals surface area (Å²) in [5.74, 6) is 1.56. The van der Waals surface area contributed by atoms with E-state index in [2.05, 4.69) is 10.3 Å². The van der Waals surface area contributed by atoms with E-state index in [0.717, 1.165) is 33.3 Å². The fourth-order valence-corrected chi connectivity index (χ4v) is 3.65. The van der Waals surface area contributed by atoms with Crippen LogP contribution >= 0.6 is 0 Å². The third-order valence-corrected chi connectivity index (χ3v) is 5.37. The van der Waals surface area contributed by atoms with Crippen LogP contribution in [-0.4, -0.2) is 32.2 Å². The van der Waals surface area contributed by atoms with Gasteiger partial charge in [0.15, 0.2) is 11.5 Å². The Hall–Kier alpha value is -4.45. The van der Waals surface area contributed by atoms with Gasteiger partial charge >= 0.3 is 0 Å². The van der Waals surface area contributed by atoms with Crippen molar-refractivity contribution in [3.63, 3.8) is 0 Å². The Morgan fingerprint density at radius 3 is 2.18 bits per heavy atom. The highest BCUT2D eigenvalue weighted by Gasteiger charge is 2.12. The molecule has 0 aliphatic heterocycles. The summed E-state index contributed by atoms with van der Waals surface area (Å²) in [6.45, 7) is 0. The van der Waals surface area contributed by atoms with Crippen molar-refractivity contribution in [2.45, 2.75) is 0 Å². The van der Waals surface area contributed by atoms with Gasteiger partial charge < -0.3 is 24.5 Å². The number of fused-ring (bicyclic) bond motifs is 1. The molecule has 0 fully saturated rings. The molecule has 1 heterocycles. The topological polar surface area (TPSA) is 72.6 Å². The fraction of sp³-hybridized carbons (Fsp3) is 0.107. The molecule has 6 heteroatoms. The van der Waals surface area contributed by atoms with Crippen LogP contribution in [0, 0.1) is 0 Å². The molecule has 1 aromatic heterocycles. The third-order valence-electron chi connectivity index (χ3n) is 5.37. The first-order chi connectivity index (χ1) is 16.6. The summed E-state index contributed by atoms with van der Waals surface area (Å²) in [5, 5.41) is 3.97. The second-order valence-electron chi connectivity index (χ2n) is 7.53. The van der Waals surface area contributed by atoms with E-state index in [4.69, 9.17) is 14.2 Å². The lowest BCUT2D eigenvalue weighted by Gasteiger charge is -2.12. The maximum atomic E-state index is 12.4. The van der Waals surface area contributed by atoms with Crippen molar-refractivity contribution < 1.29 is 19.0 Å². The van der Waals surface area contributed by atoms with Gasteiger partial charge in [0.05, 0.1) is 21.3 Å². The smallest absolute Gasteiger partial charge is 0.248 e. The number of nitrogens with one attached hydrogen (secondary N) is 2. The molecule has 0 bridgehead atoms. The number of amides is 1. The van der Waals surface area contributed by atoms with Gasteiger partial charge in [-0.1, -0.05) is 42.5 Å². The highest BCUT2D eigenvalue weighted by atomic mass is 16.5. The molecule has 0 atom stereocenters. The van der Waals surface area contributed by atoms with E-state index >= 15 is 0 Å². The number of benzene rings is 3. The number of ether oxygens (including phenoxy) is 3. The number of aromatic amines is 1. The molecule has 4 aromatic rings. The molecule has 0 unspecified atom stereocenters. The zero-order chi connectivity index (χ0) is 23.9. The number of hydrogen-bond acceptors (Lipinski definition) is 4. The molecule has 0 saturated carbocycles. The van der Waals surface area contributed by atoms with Crippen LogP contribution in [0.15, 0.2) is 72.9 Å². The SMILES string of the molecule is COc1cc(C=Cc2ccc(NC(=O)/C=C/c3c[nH]c4ccccc34)cc2)cc(OC)c1OC. The molecular formula is C28H26N2O4. The van der Waals surface area contributed by atoms with Crippen molar-refractivity contribution in [2.75, 3.05) is 26.6 Å². The lowest BCUT2D eigenvalue weighted by molar-refractivity contribution is -0.111. The Morgan fingerprint density at radius 1 is 0.824 bits per heavy atom. The van der Waals surface area contributed by atoms with Crippen LogP contribution in [0.25, 0.3) is 29.1 Å². The predicted molar refractivity (Wildman–Crippen MR) is 137 cm³/mol. The maximum Gasteiger partial charge on any atom is 0.248 e. The van der Waals surface area contributed by atoms with Gasteiger partial charge in [0.1, 0.15) is 0 Å². The first-order valence-corrected chi connectivity index (χ1v) is 10.7. The second kappa shape index (κ2) is 10.4. The van der Waals surface area contributed by atoms with Crippen LogP contribution in [0.1, 0.15) is 16.7 Å². The van der Waals surface area contributed by atoms with Gasteiger partial charge in [0, 0.05) is 28.9 Å². The molecule has 34 heavy (non-hydrogen) atoms. The monoisotopic (exact) mass is 454 g/mol. The number of anilines is 1. The Morgan fingerprint density at radius 2 is 1.50 bits per heavy atom. The Bertz CT molecular complexity index is 1330. The molecule has 0 aliphatic rings. The van der Waals surface area contributed by atoms with E-state index in [0.29, 0.717) is 17.2 Å². The summed E-state index contributed by atoms with van der Waals surface area (Å²) < 4.78 is 16.2. The van der Waals surface area contributed by atoms with Crippen LogP contribution in [0.5, 0.6) is 17.2 Å². The van der Waals surface area contributed by atoms with E-state index in [-0.39, 0.29) is 5.91 Å². The quantitative estimate of drug-likeness (QED) is 0.252. The lowest BCUT2D eigenvalue weighted by Crippen LogP contribution is -2.07. The number of rotatable bonds is 8. The highest BCUT2D eigenvalue weighted by molar-refractivity contribution is 6.03. The Balaban J connectivity index is 1.41. The van der Waals surface area contributed by atoms with Crippen molar-refractivity contribution in [1.29, 1.82) is 0 Å². The number of carbonyl (C=O) groups excluding carboxylic acids is 1. The van der Waals surface area contributed by atoms with Crippen molar-refractivity contribution >= 4 is 40.7 Å². The van der Waals surface area contributed by atoms with E-state index in [9.17, 15) is 4.79 Å². The van der Waals surface area contributed by atoms with E-state index in [1.165, 1.54) is 6.08 Å². The maximum absolute atomic E-state index is 12.4. The Kier molecular flexibility index (Phi) is 6.98. The first-order valence-electron chi connectivity index (χ1n) is 10.7. The minimum absolute atomic E-state index is 0.189. The minimum atomic E-state index is -0.189. The molecule has 2 N–H and O–H groups in total. The third kappa shape index (κ3) is 5.13. The van der Waals surface area contributed by atoms with E-state index < -0.39 is 0 Å². The van der Waals surface area contributed by atoms with E-state index in [1.54, 1.807) is 21.3 Å². The standard InChI is InChI=1S/C28H26N2O4/c1-32-25-16-20(17-26(33-2)28(25)34-3)9-8-19-10-13-22(14-11-19)30-27(31)15-12-21-18-29-24-7-5-4-6-23(21)24/h4-18,29H,1-3H3,(H,30,31)/b9-8?,15-12+. The van der Waals surface area contributed by atoms with Crippen LogP contribution in [-0.2, 0) is 4.79 Å². The zero-order valence-corrected chi connectivity index (χ0v) is 19.3. The minimum Gasteiger partial charge on any atom is -0.493 e. The van der Waals surface area contributed by atoms with Crippen LogP contribution < -0.4 is 19.5 Å². The fourth-order valence-electron chi connectivity index (χ4n) is 3.65. The molecule has 4 rings (SSSR count). The normalized spacial score (nSPS) is 11.3. The molecule has 1 amide bonds. The largest absolute Gasteiger partial charge is 0.493 e. The molecule has 6 nitrogen and oxygen atoms in total. The van der Waals surface area contributed by atoms with Gasteiger partial charge in [-0.25, -0.2) is 0 Å². The van der Waals surface area contributed by atoms with Gasteiger partial charge in [-0.15, -0.1) is 0 Å². The van der Waals surface area contributed by atoms with Crippen molar-refractivity contribution in [2.24, 2.45) is 0 Å². The summed E-state index contributed by atoms with van der Waals surface area (Å²) >= 11 is 0. The molecule has 0 aliphatic carbocycles. The van der Waals surface area contributed by atoms with Gasteiger partial charge in [0.25, 0.3) is 0 Å². The number of H-pyrrole nitrogens is 1. The van der Waals surface area contributed by atoms with Gasteiger partial charge in [-0.05, 0) is 53.1 Å². The Labute approximate surface area is 198 Å². The molecule has 0 radical (unpaired) electrons.